The molecule has 0 amide bonds. The first-order valence-electron chi connectivity index (χ1n) is 4.79. The molecule has 0 radical (unpaired) electrons. The van der Waals surface area contributed by atoms with Crippen LogP contribution in [0.5, 0.6) is 0 Å². The number of halogens is 2. The summed E-state index contributed by atoms with van der Waals surface area (Å²) in [5, 5.41) is 1.36. The van der Waals surface area contributed by atoms with Crippen molar-refractivity contribution in [2.24, 2.45) is 0 Å². The van der Waals surface area contributed by atoms with Gasteiger partial charge in [-0.25, -0.2) is 0 Å². The molecule has 78 valence electrons. The topological polar surface area (TPSA) is 17.1 Å². The number of rotatable bonds is 1. The van der Waals surface area contributed by atoms with Crippen LogP contribution in [0.25, 0.3) is 0 Å². The standard InChI is InChI=1S/C12H10Cl2O/c13-10-3-1-8(2-4-10)9-5-11(14)7-12(15)6-9/h1-4,7,9H,5-6H2. The smallest absolute Gasteiger partial charge is 0.157 e. The highest BCUT2D eigenvalue weighted by Crippen LogP contribution is 2.33. The molecule has 1 aromatic carbocycles. The van der Waals surface area contributed by atoms with Gasteiger partial charge >= 0.3 is 0 Å². The third-order valence-corrected chi connectivity index (χ3v) is 3.06. The fourth-order valence-electron chi connectivity index (χ4n) is 1.81. The molecule has 0 saturated carbocycles. The van der Waals surface area contributed by atoms with Crippen molar-refractivity contribution in [1.29, 1.82) is 0 Å². The Morgan fingerprint density at radius 2 is 1.73 bits per heavy atom. The Morgan fingerprint density at radius 3 is 2.33 bits per heavy atom. The van der Waals surface area contributed by atoms with Crippen LogP contribution in [-0.4, -0.2) is 5.78 Å². The first kappa shape index (κ1) is 10.7. The largest absolute Gasteiger partial charge is 0.295 e. The molecule has 2 rings (SSSR count). The molecule has 0 saturated heterocycles. The van der Waals surface area contributed by atoms with Crippen LogP contribution in [0, 0.1) is 0 Å². The zero-order valence-corrected chi connectivity index (χ0v) is 9.55. The molecule has 0 spiro atoms. The second-order valence-corrected chi connectivity index (χ2v) is 4.64. The van der Waals surface area contributed by atoms with E-state index in [2.05, 4.69) is 0 Å². The van der Waals surface area contributed by atoms with E-state index in [1.807, 2.05) is 24.3 Å². The number of hydrogen-bond acceptors (Lipinski definition) is 1. The van der Waals surface area contributed by atoms with Gasteiger partial charge in [-0.1, -0.05) is 35.3 Å². The maximum absolute atomic E-state index is 11.3. The number of carbonyl (C=O) groups excluding carboxylic acids is 1. The van der Waals surface area contributed by atoms with Gasteiger partial charge in [0.25, 0.3) is 0 Å². The second-order valence-electron chi connectivity index (χ2n) is 3.71. The van der Waals surface area contributed by atoms with Gasteiger partial charge in [0.1, 0.15) is 0 Å². The van der Waals surface area contributed by atoms with E-state index >= 15 is 0 Å². The van der Waals surface area contributed by atoms with Gasteiger partial charge in [0, 0.05) is 16.5 Å². The highest BCUT2D eigenvalue weighted by atomic mass is 35.5. The molecule has 0 aliphatic heterocycles. The predicted molar refractivity (Wildman–Crippen MR) is 62.4 cm³/mol. The van der Waals surface area contributed by atoms with Gasteiger partial charge in [-0.3, -0.25) is 4.79 Å². The van der Waals surface area contributed by atoms with Crippen LogP contribution in [0.1, 0.15) is 24.3 Å². The Bertz CT molecular complexity index is 406. The number of carbonyl (C=O) groups is 1. The van der Waals surface area contributed by atoms with E-state index in [4.69, 9.17) is 23.2 Å². The van der Waals surface area contributed by atoms with Gasteiger partial charge < -0.3 is 0 Å². The molecule has 0 heterocycles. The fourth-order valence-corrected chi connectivity index (χ4v) is 2.25. The van der Waals surface area contributed by atoms with Crippen molar-refractivity contribution in [2.45, 2.75) is 18.8 Å². The van der Waals surface area contributed by atoms with E-state index in [0.717, 1.165) is 12.0 Å². The first-order valence-corrected chi connectivity index (χ1v) is 5.55. The summed E-state index contributed by atoms with van der Waals surface area (Å²) < 4.78 is 0. The Hall–Kier alpha value is -0.790. The van der Waals surface area contributed by atoms with E-state index in [9.17, 15) is 4.79 Å². The van der Waals surface area contributed by atoms with Crippen molar-refractivity contribution < 1.29 is 4.79 Å². The Labute approximate surface area is 98.7 Å². The minimum absolute atomic E-state index is 0.103. The molecule has 0 bridgehead atoms. The van der Waals surface area contributed by atoms with E-state index in [1.165, 1.54) is 6.08 Å². The zero-order valence-electron chi connectivity index (χ0n) is 8.04. The number of benzene rings is 1. The fraction of sp³-hybridized carbons (Fsp3) is 0.250. The van der Waals surface area contributed by atoms with Crippen molar-refractivity contribution >= 4 is 29.0 Å². The molecule has 0 aromatic heterocycles. The van der Waals surface area contributed by atoms with Crippen LogP contribution in [0.15, 0.2) is 35.4 Å². The summed E-state index contributed by atoms with van der Waals surface area (Å²) >= 11 is 11.7. The van der Waals surface area contributed by atoms with Crippen molar-refractivity contribution in [3.63, 3.8) is 0 Å². The molecule has 1 aliphatic carbocycles. The Kier molecular flexibility index (Phi) is 3.13. The normalized spacial score (nSPS) is 21.3. The third-order valence-electron chi connectivity index (χ3n) is 2.55. The molecular formula is C12H10Cl2O. The lowest BCUT2D eigenvalue weighted by Gasteiger charge is -2.19. The lowest BCUT2D eigenvalue weighted by atomic mass is 9.87. The summed E-state index contributed by atoms with van der Waals surface area (Å²) in [6.07, 6.45) is 2.81. The van der Waals surface area contributed by atoms with E-state index in [0.29, 0.717) is 16.5 Å². The summed E-state index contributed by atoms with van der Waals surface area (Å²) in [7, 11) is 0. The molecule has 15 heavy (non-hydrogen) atoms. The molecule has 1 atom stereocenters. The average molecular weight is 241 g/mol. The van der Waals surface area contributed by atoms with Gasteiger partial charge in [0.2, 0.25) is 0 Å². The quantitative estimate of drug-likeness (QED) is 0.728. The van der Waals surface area contributed by atoms with Crippen molar-refractivity contribution in [1.82, 2.24) is 0 Å². The lowest BCUT2D eigenvalue weighted by Crippen LogP contribution is -2.10. The molecule has 1 aromatic rings. The minimum Gasteiger partial charge on any atom is -0.295 e. The first-order chi connectivity index (χ1) is 7.15. The predicted octanol–water partition coefficient (Wildman–Crippen LogP) is 3.91. The van der Waals surface area contributed by atoms with E-state index in [1.54, 1.807) is 0 Å². The molecular weight excluding hydrogens is 231 g/mol. The van der Waals surface area contributed by atoms with Crippen molar-refractivity contribution in [3.05, 3.63) is 46.0 Å². The number of hydrogen-bond donors (Lipinski definition) is 0. The molecule has 1 unspecified atom stereocenters. The monoisotopic (exact) mass is 240 g/mol. The van der Waals surface area contributed by atoms with E-state index < -0.39 is 0 Å². The molecule has 0 fully saturated rings. The van der Waals surface area contributed by atoms with E-state index in [-0.39, 0.29) is 11.7 Å². The average Bonchev–Trinajstić information content (AvgIpc) is 2.17. The summed E-state index contributed by atoms with van der Waals surface area (Å²) in [4.78, 5) is 11.3. The number of ketones is 1. The second kappa shape index (κ2) is 4.38. The maximum atomic E-state index is 11.3. The van der Waals surface area contributed by atoms with Gasteiger partial charge in [-0.15, -0.1) is 0 Å². The van der Waals surface area contributed by atoms with Crippen molar-refractivity contribution in [2.75, 3.05) is 0 Å². The Balaban J connectivity index is 2.22. The van der Waals surface area contributed by atoms with Crippen LogP contribution >= 0.6 is 23.2 Å². The van der Waals surface area contributed by atoms with Crippen molar-refractivity contribution in [3.8, 4) is 0 Å². The molecule has 3 heteroatoms. The summed E-state index contributed by atoms with van der Waals surface area (Å²) in [5.41, 5.74) is 1.12. The minimum atomic E-state index is 0.103. The highest BCUT2D eigenvalue weighted by molar-refractivity contribution is 6.31. The highest BCUT2D eigenvalue weighted by Gasteiger charge is 2.20. The molecule has 1 nitrogen and oxygen atoms in total. The van der Waals surface area contributed by atoms with Gasteiger partial charge in [-0.05, 0) is 36.1 Å². The van der Waals surface area contributed by atoms with Gasteiger partial charge in [0.15, 0.2) is 5.78 Å². The summed E-state index contributed by atoms with van der Waals surface area (Å²) in [6.45, 7) is 0. The van der Waals surface area contributed by atoms with Crippen LogP contribution in [0.4, 0.5) is 0 Å². The van der Waals surface area contributed by atoms with Crippen LogP contribution in [0.2, 0.25) is 5.02 Å². The summed E-state index contributed by atoms with van der Waals surface area (Å²) in [5.74, 6) is 0.304. The van der Waals surface area contributed by atoms with Crippen LogP contribution in [0.3, 0.4) is 0 Å². The maximum Gasteiger partial charge on any atom is 0.157 e. The van der Waals surface area contributed by atoms with Gasteiger partial charge in [-0.2, -0.15) is 0 Å². The van der Waals surface area contributed by atoms with Crippen LogP contribution in [-0.2, 0) is 4.79 Å². The molecule has 0 N–H and O–H groups in total. The van der Waals surface area contributed by atoms with Crippen LogP contribution < -0.4 is 0 Å². The lowest BCUT2D eigenvalue weighted by molar-refractivity contribution is -0.115. The Morgan fingerprint density at radius 1 is 1.07 bits per heavy atom. The zero-order chi connectivity index (χ0) is 10.8. The third kappa shape index (κ3) is 2.61. The molecule has 1 aliphatic rings. The number of allylic oxidation sites excluding steroid dienone is 2. The summed E-state index contributed by atoms with van der Waals surface area (Å²) in [6, 6.07) is 7.59. The van der Waals surface area contributed by atoms with Gasteiger partial charge in [0.05, 0.1) is 0 Å². The SMILES string of the molecule is O=C1C=C(Cl)CC(c2ccc(Cl)cc2)C1.